The minimum Gasteiger partial charge on any atom is -0.497 e. The lowest BCUT2D eigenvalue weighted by molar-refractivity contribution is 0.415. The minimum atomic E-state index is 0.580. The van der Waals surface area contributed by atoms with Crippen LogP contribution >= 0.6 is 23.2 Å². The third-order valence-electron chi connectivity index (χ3n) is 2.82. The van der Waals surface area contributed by atoms with Crippen LogP contribution in [0.25, 0.3) is 12.2 Å². The van der Waals surface area contributed by atoms with E-state index in [2.05, 4.69) is 0 Å². The smallest absolute Gasteiger partial charge is 0.118 e. The fourth-order valence-electron chi connectivity index (χ4n) is 1.76. The molecule has 19 heavy (non-hydrogen) atoms. The number of halogens is 2. The van der Waals surface area contributed by atoms with Crippen LogP contribution in [-0.2, 0) is 0 Å². The Hall–Kier alpha value is -1.44. The minimum absolute atomic E-state index is 0.580. The SMILES string of the molecule is COc1ccc(/C=C/c2cc(C)c(Cl)c(Cl)c2)cc1. The zero-order valence-corrected chi connectivity index (χ0v) is 12.3. The summed E-state index contributed by atoms with van der Waals surface area (Å²) in [6.07, 6.45) is 4.04. The Kier molecular flexibility index (Phi) is 4.52. The quantitative estimate of drug-likeness (QED) is 0.681. The predicted molar refractivity (Wildman–Crippen MR) is 83.1 cm³/mol. The van der Waals surface area contributed by atoms with Gasteiger partial charge in [-0.1, -0.05) is 53.6 Å². The predicted octanol–water partition coefficient (Wildman–Crippen LogP) is 5.48. The van der Waals surface area contributed by atoms with Gasteiger partial charge in [0.25, 0.3) is 0 Å². The van der Waals surface area contributed by atoms with E-state index >= 15 is 0 Å². The maximum Gasteiger partial charge on any atom is 0.118 e. The van der Waals surface area contributed by atoms with E-state index in [0.717, 1.165) is 22.4 Å². The second-order valence-corrected chi connectivity index (χ2v) is 5.03. The van der Waals surface area contributed by atoms with Crippen molar-refractivity contribution in [1.82, 2.24) is 0 Å². The summed E-state index contributed by atoms with van der Waals surface area (Å²) in [4.78, 5) is 0. The topological polar surface area (TPSA) is 9.23 Å². The van der Waals surface area contributed by atoms with Crippen molar-refractivity contribution in [3.05, 3.63) is 63.1 Å². The molecule has 0 aromatic heterocycles. The molecule has 2 aromatic carbocycles. The van der Waals surface area contributed by atoms with E-state index in [0.29, 0.717) is 10.0 Å². The van der Waals surface area contributed by atoms with Crippen LogP contribution in [0.4, 0.5) is 0 Å². The molecule has 2 rings (SSSR count). The number of rotatable bonds is 3. The molecule has 0 radical (unpaired) electrons. The standard InChI is InChI=1S/C16H14Cl2O/c1-11-9-13(10-15(17)16(11)18)4-3-12-5-7-14(19-2)8-6-12/h3-10H,1-2H3/b4-3+. The fraction of sp³-hybridized carbons (Fsp3) is 0.125. The highest BCUT2D eigenvalue weighted by atomic mass is 35.5. The largest absolute Gasteiger partial charge is 0.497 e. The van der Waals surface area contributed by atoms with Gasteiger partial charge in [-0.2, -0.15) is 0 Å². The zero-order chi connectivity index (χ0) is 13.8. The van der Waals surface area contributed by atoms with E-state index in [4.69, 9.17) is 27.9 Å². The number of hydrogen-bond donors (Lipinski definition) is 0. The van der Waals surface area contributed by atoms with Crippen molar-refractivity contribution < 1.29 is 4.74 Å². The van der Waals surface area contributed by atoms with Crippen LogP contribution in [-0.4, -0.2) is 7.11 Å². The molecule has 0 N–H and O–H groups in total. The van der Waals surface area contributed by atoms with Gasteiger partial charge in [-0.15, -0.1) is 0 Å². The molecule has 0 aliphatic rings. The molecule has 98 valence electrons. The first-order valence-corrected chi connectivity index (χ1v) is 6.63. The maximum absolute atomic E-state index is 6.06. The second-order valence-electron chi connectivity index (χ2n) is 4.24. The van der Waals surface area contributed by atoms with Crippen LogP contribution in [0.15, 0.2) is 36.4 Å². The normalized spacial score (nSPS) is 10.9. The lowest BCUT2D eigenvalue weighted by Crippen LogP contribution is -1.82. The highest BCUT2D eigenvalue weighted by Gasteiger charge is 2.02. The van der Waals surface area contributed by atoms with Gasteiger partial charge in [0.15, 0.2) is 0 Å². The zero-order valence-electron chi connectivity index (χ0n) is 10.8. The van der Waals surface area contributed by atoms with Gasteiger partial charge in [0.05, 0.1) is 17.2 Å². The van der Waals surface area contributed by atoms with E-state index in [1.54, 1.807) is 7.11 Å². The molecule has 0 saturated carbocycles. The molecule has 0 spiro atoms. The first-order chi connectivity index (χ1) is 9.10. The van der Waals surface area contributed by atoms with Gasteiger partial charge in [-0.25, -0.2) is 0 Å². The van der Waals surface area contributed by atoms with Crippen molar-refractivity contribution in [2.75, 3.05) is 7.11 Å². The number of methoxy groups -OCH3 is 1. The summed E-state index contributed by atoms with van der Waals surface area (Å²) in [7, 11) is 1.66. The van der Waals surface area contributed by atoms with Gasteiger partial charge < -0.3 is 4.74 Å². The Morgan fingerprint density at radius 2 is 1.58 bits per heavy atom. The molecular weight excluding hydrogens is 279 g/mol. The van der Waals surface area contributed by atoms with Crippen LogP contribution in [0.2, 0.25) is 10.0 Å². The number of hydrogen-bond acceptors (Lipinski definition) is 1. The van der Waals surface area contributed by atoms with Gasteiger partial charge >= 0.3 is 0 Å². The average Bonchev–Trinajstić information content (AvgIpc) is 2.43. The summed E-state index contributed by atoms with van der Waals surface area (Å²) in [6, 6.07) is 11.7. The van der Waals surface area contributed by atoms with Gasteiger partial charge in [-0.05, 0) is 41.8 Å². The van der Waals surface area contributed by atoms with E-state index in [-0.39, 0.29) is 0 Å². The molecule has 3 heteroatoms. The van der Waals surface area contributed by atoms with Crippen LogP contribution in [0.3, 0.4) is 0 Å². The number of benzene rings is 2. The molecule has 0 unspecified atom stereocenters. The molecule has 0 aliphatic heterocycles. The van der Waals surface area contributed by atoms with Crippen LogP contribution in [0, 0.1) is 6.92 Å². The Morgan fingerprint density at radius 1 is 0.947 bits per heavy atom. The molecular formula is C16H14Cl2O. The molecule has 1 nitrogen and oxygen atoms in total. The van der Waals surface area contributed by atoms with Gasteiger partial charge in [0.1, 0.15) is 5.75 Å². The molecule has 0 atom stereocenters. The summed E-state index contributed by atoms with van der Waals surface area (Å²) in [6.45, 7) is 1.94. The third-order valence-corrected chi connectivity index (χ3v) is 3.71. The second kappa shape index (κ2) is 6.14. The first kappa shape index (κ1) is 14.0. The third kappa shape index (κ3) is 3.52. The summed E-state index contributed by atoms with van der Waals surface area (Å²) in [5.74, 6) is 0.850. The molecule has 0 fully saturated rings. The van der Waals surface area contributed by atoms with Gasteiger partial charge in [0.2, 0.25) is 0 Å². The van der Waals surface area contributed by atoms with Gasteiger partial charge in [-0.3, -0.25) is 0 Å². The van der Waals surface area contributed by atoms with Crippen molar-refractivity contribution in [2.45, 2.75) is 6.92 Å². The van der Waals surface area contributed by atoms with E-state index in [9.17, 15) is 0 Å². The van der Waals surface area contributed by atoms with Crippen molar-refractivity contribution in [3.63, 3.8) is 0 Å². The van der Waals surface area contributed by atoms with Crippen molar-refractivity contribution in [2.24, 2.45) is 0 Å². The summed E-state index contributed by atoms with van der Waals surface area (Å²) in [5.41, 5.74) is 3.11. The highest BCUT2D eigenvalue weighted by molar-refractivity contribution is 6.42. The van der Waals surface area contributed by atoms with Crippen LogP contribution in [0.1, 0.15) is 16.7 Å². The summed E-state index contributed by atoms with van der Waals surface area (Å²) in [5, 5.41) is 1.19. The summed E-state index contributed by atoms with van der Waals surface area (Å²) < 4.78 is 5.12. The Labute approximate surface area is 123 Å². The monoisotopic (exact) mass is 292 g/mol. The Balaban J connectivity index is 2.22. The summed E-state index contributed by atoms with van der Waals surface area (Å²) >= 11 is 12.1. The first-order valence-electron chi connectivity index (χ1n) is 5.88. The van der Waals surface area contributed by atoms with Crippen LogP contribution < -0.4 is 4.74 Å². The lowest BCUT2D eigenvalue weighted by atomic mass is 10.1. The molecule has 0 heterocycles. The molecule has 0 aliphatic carbocycles. The van der Waals surface area contributed by atoms with E-state index in [1.807, 2.05) is 55.5 Å². The average molecular weight is 293 g/mol. The molecule has 0 amide bonds. The molecule has 2 aromatic rings. The molecule has 0 saturated heterocycles. The van der Waals surface area contributed by atoms with E-state index < -0.39 is 0 Å². The number of ether oxygens (including phenoxy) is 1. The van der Waals surface area contributed by atoms with Crippen LogP contribution in [0.5, 0.6) is 5.75 Å². The fourth-order valence-corrected chi connectivity index (χ4v) is 2.14. The lowest BCUT2D eigenvalue weighted by Gasteiger charge is -2.03. The van der Waals surface area contributed by atoms with E-state index in [1.165, 1.54) is 0 Å². The Bertz CT molecular complexity index is 578. The van der Waals surface area contributed by atoms with Gasteiger partial charge in [0, 0.05) is 0 Å². The Morgan fingerprint density at radius 3 is 2.16 bits per heavy atom. The number of aryl methyl sites for hydroxylation is 1. The van der Waals surface area contributed by atoms with Crippen molar-refractivity contribution in [1.29, 1.82) is 0 Å². The molecule has 0 bridgehead atoms. The maximum atomic E-state index is 6.06. The highest BCUT2D eigenvalue weighted by Crippen LogP contribution is 2.27. The van der Waals surface area contributed by atoms with Crippen molar-refractivity contribution >= 4 is 35.4 Å². The van der Waals surface area contributed by atoms with Crippen molar-refractivity contribution in [3.8, 4) is 5.75 Å².